The molecular weight excluding hydrogens is 240 g/mol. The van der Waals surface area contributed by atoms with Crippen molar-refractivity contribution < 1.29 is 9.53 Å². The molecule has 0 spiro atoms. The Hall–Kier alpha value is -1.55. The molecule has 1 amide bonds. The van der Waals surface area contributed by atoms with E-state index in [4.69, 9.17) is 4.74 Å². The molecule has 0 saturated carbocycles. The molecule has 2 N–H and O–H groups in total. The first kappa shape index (κ1) is 15.5. The maximum Gasteiger partial charge on any atom is 0.234 e. The van der Waals surface area contributed by atoms with E-state index in [-0.39, 0.29) is 11.5 Å². The molecule has 0 aromatic heterocycles. The third-order valence-electron chi connectivity index (χ3n) is 2.45. The Morgan fingerprint density at radius 3 is 2.58 bits per heavy atom. The van der Waals surface area contributed by atoms with Gasteiger partial charge in [0.25, 0.3) is 0 Å². The zero-order valence-corrected chi connectivity index (χ0v) is 12.5. The van der Waals surface area contributed by atoms with Crippen molar-refractivity contribution in [3.8, 4) is 5.75 Å². The Bertz CT molecular complexity index is 436. The van der Waals surface area contributed by atoms with Crippen molar-refractivity contribution in [2.45, 2.75) is 39.8 Å². The van der Waals surface area contributed by atoms with Crippen LogP contribution in [-0.4, -0.2) is 25.1 Å². The van der Waals surface area contributed by atoms with Gasteiger partial charge < -0.3 is 15.4 Å². The molecule has 0 aliphatic heterocycles. The highest BCUT2D eigenvalue weighted by Crippen LogP contribution is 2.24. The summed E-state index contributed by atoms with van der Waals surface area (Å²) in [4.78, 5) is 11.5. The van der Waals surface area contributed by atoms with Crippen molar-refractivity contribution in [2.75, 3.05) is 13.6 Å². The predicted octanol–water partition coefficient (Wildman–Crippen LogP) is 2.01. The topological polar surface area (TPSA) is 50.4 Å². The fourth-order valence-electron chi connectivity index (χ4n) is 1.65. The van der Waals surface area contributed by atoms with Gasteiger partial charge in [-0.15, -0.1) is 0 Å². The highest BCUT2D eigenvalue weighted by atomic mass is 16.5. The fraction of sp³-hybridized carbons (Fsp3) is 0.533. The van der Waals surface area contributed by atoms with E-state index in [1.807, 2.05) is 45.9 Å². The fourth-order valence-corrected chi connectivity index (χ4v) is 1.65. The standard InChI is InChI=1S/C15H24N2O2/c1-11-6-7-12(9-17-14(18)10-16-5)13(8-11)19-15(2,3)4/h6-8,16H,9-10H2,1-5H3,(H,17,18). The quantitative estimate of drug-likeness (QED) is 0.855. The van der Waals surface area contributed by atoms with Gasteiger partial charge in [-0.3, -0.25) is 4.79 Å². The number of rotatable bonds is 5. The maximum atomic E-state index is 11.5. The third kappa shape index (κ3) is 5.75. The van der Waals surface area contributed by atoms with Crippen LogP contribution in [0.2, 0.25) is 0 Å². The van der Waals surface area contributed by atoms with E-state index in [1.165, 1.54) is 0 Å². The Kier molecular flexibility index (Phi) is 5.36. The van der Waals surface area contributed by atoms with Crippen LogP contribution in [0, 0.1) is 6.92 Å². The molecule has 4 heteroatoms. The van der Waals surface area contributed by atoms with Crippen molar-refractivity contribution in [2.24, 2.45) is 0 Å². The third-order valence-corrected chi connectivity index (χ3v) is 2.45. The van der Waals surface area contributed by atoms with Gasteiger partial charge in [-0.1, -0.05) is 12.1 Å². The van der Waals surface area contributed by atoms with E-state index < -0.39 is 0 Å². The van der Waals surface area contributed by atoms with Crippen LogP contribution in [-0.2, 0) is 11.3 Å². The molecule has 0 bridgehead atoms. The van der Waals surface area contributed by atoms with Gasteiger partial charge in [0.1, 0.15) is 11.4 Å². The SMILES string of the molecule is CNCC(=O)NCc1ccc(C)cc1OC(C)(C)C. The smallest absolute Gasteiger partial charge is 0.234 e. The Labute approximate surface area is 115 Å². The van der Waals surface area contributed by atoms with E-state index in [0.29, 0.717) is 13.1 Å². The highest BCUT2D eigenvalue weighted by molar-refractivity contribution is 5.78. The lowest BCUT2D eigenvalue weighted by Crippen LogP contribution is -2.32. The molecular formula is C15H24N2O2. The van der Waals surface area contributed by atoms with Crippen LogP contribution in [0.15, 0.2) is 18.2 Å². The highest BCUT2D eigenvalue weighted by Gasteiger charge is 2.15. The molecule has 19 heavy (non-hydrogen) atoms. The Morgan fingerprint density at radius 2 is 2.00 bits per heavy atom. The summed E-state index contributed by atoms with van der Waals surface area (Å²) in [7, 11) is 1.75. The minimum Gasteiger partial charge on any atom is -0.488 e. The van der Waals surface area contributed by atoms with Gasteiger partial charge in [0.2, 0.25) is 5.91 Å². The molecule has 0 saturated heterocycles. The zero-order chi connectivity index (χ0) is 14.5. The van der Waals surface area contributed by atoms with Crippen LogP contribution in [0.1, 0.15) is 31.9 Å². The van der Waals surface area contributed by atoms with Crippen molar-refractivity contribution in [1.29, 1.82) is 0 Å². The second kappa shape index (κ2) is 6.57. The van der Waals surface area contributed by atoms with Gasteiger partial charge >= 0.3 is 0 Å². The van der Waals surface area contributed by atoms with Gasteiger partial charge in [-0.05, 0) is 46.4 Å². The minimum absolute atomic E-state index is 0.0233. The van der Waals surface area contributed by atoms with Crippen molar-refractivity contribution in [1.82, 2.24) is 10.6 Å². The molecule has 1 aromatic rings. The number of carbonyl (C=O) groups excluding carboxylic acids is 1. The number of hydrogen-bond acceptors (Lipinski definition) is 3. The molecule has 0 fully saturated rings. The number of hydrogen-bond donors (Lipinski definition) is 2. The lowest BCUT2D eigenvalue weighted by molar-refractivity contribution is -0.120. The Balaban J connectivity index is 2.79. The van der Waals surface area contributed by atoms with Crippen LogP contribution >= 0.6 is 0 Å². The lowest BCUT2D eigenvalue weighted by Gasteiger charge is -2.23. The summed E-state index contributed by atoms with van der Waals surface area (Å²) in [5.41, 5.74) is 1.88. The molecule has 0 aliphatic rings. The van der Waals surface area contributed by atoms with E-state index in [9.17, 15) is 4.79 Å². The molecule has 0 aliphatic carbocycles. The summed E-state index contributed by atoms with van der Waals surface area (Å²) in [5, 5.41) is 5.69. The maximum absolute atomic E-state index is 11.5. The van der Waals surface area contributed by atoms with Gasteiger partial charge in [0.15, 0.2) is 0 Å². The van der Waals surface area contributed by atoms with Crippen LogP contribution in [0.5, 0.6) is 5.75 Å². The minimum atomic E-state index is -0.252. The number of likely N-dealkylation sites (N-methyl/N-ethyl adjacent to an activating group) is 1. The van der Waals surface area contributed by atoms with E-state index >= 15 is 0 Å². The van der Waals surface area contributed by atoms with Crippen molar-refractivity contribution in [3.63, 3.8) is 0 Å². The van der Waals surface area contributed by atoms with Crippen molar-refractivity contribution >= 4 is 5.91 Å². The van der Waals surface area contributed by atoms with Crippen LogP contribution in [0.3, 0.4) is 0 Å². The Morgan fingerprint density at radius 1 is 1.32 bits per heavy atom. The van der Waals surface area contributed by atoms with Crippen LogP contribution in [0.4, 0.5) is 0 Å². The normalized spacial score (nSPS) is 11.2. The van der Waals surface area contributed by atoms with E-state index in [1.54, 1.807) is 7.05 Å². The summed E-state index contributed by atoms with van der Waals surface area (Å²) < 4.78 is 5.94. The number of nitrogens with one attached hydrogen (secondary N) is 2. The summed E-state index contributed by atoms with van der Waals surface area (Å²) >= 11 is 0. The van der Waals surface area contributed by atoms with E-state index in [0.717, 1.165) is 16.9 Å². The number of benzene rings is 1. The summed E-state index contributed by atoms with van der Waals surface area (Å²) in [6.07, 6.45) is 0. The van der Waals surface area contributed by atoms with E-state index in [2.05, 4.69) is 10.6 Å². The second-order valence-electron chi connectivity index (χ2n) is 5.63. The summed E-state index contributed by atoms with van der Waals surface area (Å²) in [6, 6.07) is 6.02. The number of carbonyl (C=O) groups is 1. The molecule has 106 valence electrons. The average Bonchev–Trinajstić information content (AvgIpc) is 2.26. The first-order chi connectivity index (χ1) is 8.81. The summed E-state index contributed by atoms with van der Waals surface area (Å²) in [6.45, 7) is 8.86. The van der Waals surface area contributed by atoms with Gasteiger partial charge in [0.05, 0.1) is 6.54 Å². The summed E-state index contributed by atoms with van der Waals surface area (Å²) in [5.74, 6) is 0.807. The molecule has 0 atom stereocenters. The van der Waals surface area contributed by atoms with Crippen molar-refractivity contribution in [3.05, 3.63) is 29.3 Å². The second-order valence-corrected chi connectivity index (χ2v) is 5.63. The molecule has 0 heterocycles. The number of aryl methyl sites for hydroxylation is 1. The average molecular weight is 264 g/mol. The molecule has 0 unspecified atom stereocenters. The van der Waals surface area contributed by atoms with Crippen LogP contribution in [0.25, 0.3) is 0 Å². The number of ether oxygens (including phenoxy) is 1. The zero-order valence-electron chi connectivity index (χ0n) is 12.5. The van der Waals surface area contributed by atoms with Gasteiger partial charge in [-0.2, -0.15) is 0 Å². The molecule has 4 nitrogen and oxygen atoms in total. The van der Waals surface area contributed by atoms with Gasteiger partial charge in [-0.25, -0.2) is 0 Å². The lowest BCUT2D eigenvalue weighted by atomic mass is 10.1. The van der Waals surface area contributed by atoms with Crippen LogP contribution < -0.4 is 15.4 Å². The number of amides is 1. The van der Waals surface area contributed by atoms with Gasteiger partial charge in [0, 0.05) is 12.1 Å². The largest absolute Gasteiger partial charge is 0.488 e. The molecule has 0 radical (unpaired) electrons. The first-order valence-corrected chi connectivity index (χ1v) is 6.51. The predicted molar refractivity (Wildman–Crippen MR) is 77.3 cm³/mol. The monoisotopic (exact) mass is 264 g/mol. The molecule has 1 aromatic carbocycles. The first-order valence-electron chi connectivity index (χ1n) is 6.51. The molecule has 1 rings (SSSR count).